The second-order valence-corrected chi connectivity index (χ2v) is 7.55. The highest BCUT2D eigenvalue weighted by molar-refractivity contribution is 5.47. The molecule has 2 rings (SSSR count). The van der Waals surface area contributed by atoms with Gasteiger partial charge >= 0.3 is 0 Å². The number of methoxy groups -OCH3 is 2. The van der Waals surface area contributed by atoms with E-state index in [4.69, 9.17) is 18.9 Å². The van der Waals surface area contributed by atoms with Crippen LogP contribution in [-0.4, -0.2) is 21.0 Å². The molecule has 0 spiro atoms. The van der Waals surface area contributed by atoms with E-state index in [2.05, 4.69) is 34.6 Å². The van der Waals surface area contributed by atoms with Crippen molar-refractivity contribution < 1.29 is 18.9 Å². The van der Waals surface area contributed by atoms with E-state index in [1.165, 1.54) is 0 Å². The molecular weight excluding hydrogens is 328 g/mol. The van der Waals surface area contributed by atoms with E-state index >= 15 is 0 Å². The molecule has 2 aromatic carbocycles. The maximum absolute atomic E-state index is 5.87. The lowest BCUT2D eigenvalue weighted by molar-refractivity contribution is 0.118. The second kappa shape index (κ2) is 8.35. The average Bonchev–Trinajstić information content (AvgIpc) is 2.60. The van der Waals surface area contributed by atoms with E-state index in [0.717, 1.165) is 28.4 Å². The molecule has 0 atom stereocenters. The summed E-state index contributed by atoms with van der Waals surface area (Å²) < 4.78 is 22.6. The SMILES string of the molecule is COc1cc(OCOc2cccc(OC)c2C(C)C)ccc1C(C)(C)C. The molecular formula is C22H30O4. The van der Waals surface area contributed by atoms with Crippen molar-refractivity contribution in [2.24, 2.45) is 0 Å². The van der Waals surface area contributed by atoms with Crippen LogP contribution >= 0.6 is 0 Å². The molecule has 0 N–H and O–H groups in total. The Morgan fingerprint density at radius 2 is 1.50 bits per heavy atom. The van der Waals surface area contributed by atoms with Crippen LogP contribution in [0.25, 0.3) is 0 Å². The molecule has 0 aliphatic heterocycles. The lowest BCUT2D eigenvalue weighted by Gasteiger charge is -2.22. The van der Waals surface area contributed by atoms with Crippen molar-refractivity contribution in [1.82, 2.24) is 0 Å². The van der Waals surface area contributed by atoms with Gasteiger partial charge in [-0.05, 0) is 35.1 Å². The third-order valence-corrected chi connectivity index (χ3v) is 4.24. The van der Waals surface area contributed by atoms with Gasteiger partial charge in [-0.25, -0.2) is 0 Å². The Hall–Kier alpha value is -2.36. The quantitative estimate of drug-likeness (QED) is 0.609. The van der Waals surface area contributed by atoms with Gasteiger partial charge in [0.25, 0.3) is 0 Å². The molecule has 2 aromatic rings. The Balaban J connectivity index is 2.11. The van der Waals surface area contributed by atoms with Crippen LogP contribution in [0.4, 0.5) is 0 Å². The number of rotatable bonds is 7. The zero-order chi connectivity index (χ0) is 19.3. The van der Waals surface area contributed by atoms with E-state index in [9.17, 15) is 0 Å². The van der Waals surface area contributed by atoms with E-state index in [1.54, 1.807) is 14.2 Å². The second-order valence-electron chi connectivity index (χ2n) is 7.55. The van der Waals surface area contributed by atoms with E-state index < -0.39 is 0 Å². The van der Waals surface area contributed by atoms with E-state index in [-0.39, 0.29) is 18.1 Å². The van der Waals surface area contributed by atoms with Crippen LogP contribution in [0.5, 0.6) is 23.0 Å². The van der Waals surface area contributed by atoms with Gasteiger partial charge in [0.15, 0.2) is 0 Å². The third kappa shape index (κ3) is 4.63. The summed E-state index contributed by atoms with van der Waals surface area (Å²) in [6.45, 7) is 10.8. The maximum atomic E-state index is 5.87. The molecule has 0 radical (unpaired) electrons. The highest BCUT2D eigenvalue weighted by Gasteiger charge is 2.19. The Kier molecular flexibility index (Phi) is 6.41. The Labute approximate surface area is 157 Å². The first kappa shape index (κ1) is 20.0. The first-order chi connectivity index (χ1) is 12.3. The smallest absolute Gasteiger partial charge is 0.230 e. The standard InChI is InChI=1S/C22H30O4/c1-15(2)21-18(23-6)9-8-10-19(21)26-14-25-16-11-12-17(22(3,4)5)20(13-16)24-7/h8-13,15H,14H2,1-7H3. The fraction of sp³-hybridized carbons (Fsp3) is 0.455. The van der Waals surface area contributed by atoms with Crippen LogP contribution in [-0.2, 0) is 5.41 Å². The van der Waals surface area contributed by atoms with Crippen molar-refractivity contribution in [2.45, 2.75) is 46.0 Å². The largest absolute Gasteiger partial charge is 0.496 e. The molecule has 0 saturated heterocycles. The van der Waals surface area contributed by atoms with Gasteiger partial charge in [0.1, 0.15) is 23.0 Å². The summed E-state index contributed by atoms with van der Waals surface area (Å²) in [6, 6.07) is 11.7. The van der Waals surface area contributed by atoms with Gasteiger partial charge in [-0.15, -0.1) is 0 Å². The molecule has 0 aliphatic rings. The lowest BCUT2D eigenvalue weighted by Crippen LogP contribution is -2.13. The molecule has 0 bridgehead atoms. The fourth-order valence-electron chi connectivity index (χ4n) is 2.94. The predicted molar refractivity (Wildman–Crippen MR) is 105 cm³/mol. The topological polar surface area (TPSA) is 36.9 Å². The summed E-state index contributed by atoms with van der Waals surface area (Å²) in [5.74, 6) is 3.42. The minimum atomic E-state index is 0.00707. The fourth-order valence-corrected chi connectivity index (χ4v) is 2.94. The molecule has 142 valence electrons. The highest BCUT2D eigenvalue weighted by atomic mass is 16.7. The summed E-state index contributed by atoms with van der Waals surface area (Å²) in [5.41, 5.74) is 2.19. The van der Waals surface area contributed by atoms with Gasteiger partial charge in [0.2, 0.25) is 6.79 Å². The van der Waals surface area contributed by atoms with Gasteiger partial charge in [0.05, 0.1) is 14.2 Å². The van der Waals surface area contributed by atoms with E-state index in [0.29, 0.717) is 5.75 Å². The number of hydrogen-bond acceptors (Lipinski definition) is 4. The van der Waals surface area contributed by atoms with Crippen molar-refractivity contribution in [2.75, 3.05) is 21.0 Å². The Bertz CT molecular complexity index is 729. The molecule has 0 saturated carbocycles. The number of benzene rings is 2. The van der Waals surface area contributed by atoms with Gasteiger partial charge in [-0.2, -0.15) is 0 Å². The van der Waals surface area contributed by atoms with Crippen molar-refractivity contribution in [3.63, 3.8) is 0 Å². The monoisotopic (exact) mass is 358 g/mol. The zero-order valence-corrected chi connectivity index (χ0v) is 16.9. The average molecular weight is 358 g/mol. The van der Waals surface area contributed by atoms with Crippen molar-refractivity contribution in [1.29, 1.82) is 0 Å². The summed E-state index contributed by atoms with van der Waals surface area (Å²) in [4.78, 5) is 0. The van der Waals surface area contributed by atoms with Gasteiger partial charge in [-0.1, -0.05) is 46.8 Å². The molecule has 26 heavy (non-hydrogen) atoms. The Morgan fingerprint density at radius 1 is 0.846 bits per heavy atom. The number of hydrogen-bond donors (Lipinski definition) is 0. The molecule has 0 heterocycles. The molecule has 0 fully saturated rings. The predicted octanol–water partition coefficient (Wildman–Crippen LogP) is 5.54. The van der Waals surface area contributed by atoms with Crippen LogP contribution < -0.4 is 18.9 Å². The minimum absolute atomic E-state index is 0.00707. The maximum Gasteiger partial charge on any atom is 0.230 e. The minimum Gasteiger partial charge on any atom is -0.496 e. The van der Waals surface area contributed by atoms with Crippen molar-refractivity contribution in [3.8, 4) is 23.0 Å². The zero-order valence-electron chi connectivity index (χ0n) is 16.9. The summed E-state index contributed by atoms with van der Waals surface area (Å²) in [5, 5.41) is 0. The van der Waals surface area contributed by atoms with Gasteiger partial charge in [-0.3, -0.25) is 0 Å². The first-order valence-electron chi connectivity index (χ1n) is 8.89. The van der Waals surface area contributed by atoms with Crippen LogP contribution in [0, 0.1) is 0 Å². The molecule has 0 aliphatic carbocycles. The molecule has 0 aromatic heterocycles. The summed E-state index contributed by atoms with van der Waals surface area (Å²) in [6.07, 6.45) is 0. The summed E-state index contributed by atoms with van der Waals surface area (Å²) >= 11 is 0. The van der Waals surface area contributed by atoms with Crippen molar-refractivity contribution in [3.05, 3.63) is 47.5 Å². The molecule has 4 nitrogen and oxygen atoms in total. The van der Waals surface area contributed by atoms with Crippen LogP contribution in [0.3, 0.4) is 0 Å². The number of ether oxygens (including phenoxy) is 4. The van der Waals surface area contributed by atoms with Crippen LogP contribution in [0.15, 0.2) is 36.4 Å². The van der Waals surface area contributed by atoms with E-state index in [1.807, 2.05) is 36.4 Å². The summed E-state index contributed by atoms with van der Waals surface area (Å²) in [7, 11) is 3.35. The van der Waals surface area contributed by atoms with Crippen LogP contribution in [0.2, 0.25) is 0 Å². The third-order valence-electron chi connectivity index (χ3n) is 4.24. The van der Waals surface area contributed by atoms with Gasteiger partial charge < -0.3 is 18.9 Å². The molecule has 4 heteroatoms. The molecule has 0 amide bonds. The van der Waals surface area contributed by atoms with Crippen molar-refractivity contribution >= 4 is 0 Å². The Morgan fingerprint density at radius 3 is 2.08 bits per heavy atom. The highest BCUT2D eigenvalue weighted by Crippen LogP contribution is 2.36. The van der Waals surface area contributed by atoms with Crippen LogP contribution in [0.1, 0.15) is 51.7 Å². The van der Waals surface area contributed by atoms with Gasteiger partial charge in [0, 0.05) is 11.6 Å². The first-order valence-corrected chi connectivity index (χ1v) is 8.89. The lowest BCUT2D eigenvalue weighted by atomic mass is 9.86. The molecule has 0 unspecified atom stereocenters. The normalized spacial score (nSPS) is 11.4.